The maximum Gasteiger partial charge on any atom is 0.212 e. The fourth-order valence-corrected chi connectivity index (χ4v) is 3.33. The van der Waals surface area contributed by atoms with Gasteiger partial charge in [0.05, 0.1) is 11.9 Å². The quantitative estimate of drug-likeness (QED) is 0.633. The van der Waals surface area contributed by atoms with Gasteiger partial charge in [0.2, 0.25) is 4.96 Å². The van der Waals surface area contributed by atoms with E-state index in [1.807, 2.05) is 10.7 Å². The maximum atomic E-state index is 4.72. The molecule has 0 fully saturated rings. The lowest BCUT2D eigenvalue weighted by Gasteiger charge is -2.01. The lowest BCUT2D eigenvalue weighted by atomic mass is 10.1. The standard InChI is InChI=1S/C17H21N3S/c1-4-5-6-7-16-19-20-11-15(18-17(20)21-16)14-9-8-12(2)13(3)10-14/h8-11H,4-7H2,1-3H3. The van der Waals surface area contributed by atoms with Crippen molar-refractivity contribution >= 4 is 16.3 Å². The Kier molecular flexibility index (Phi) is 4.06. The van der Waals surface area contributed by atoms with Gasteiger partial charge in [-0.3, -0.25) is 0 Å². The second-order valence-electron chi connectivity index (χ2n) is 5.61. The van der Waals surface area contributed by atoms with Crippen molar-refractivity contribution in [2.45, 2.75) is 46.5 Å². The van der Waals surface area contributed by atoms with Crippen molar-refractivity contribution in [3.63, 3.8) is 0 Å². The van der Waals surface area contributed by atoms with Crippen molar-refractivity contribution in [3.8, 4) is 11.3 Å². The summed E-state index contributed by atoms with van der Waals surface area (Å²) in [6.45, 7) is 6.50. The van der Waals surface area contributed by atoms with Crippen molar-refractivity contribution in [1.29, 1.82) is 0 Å². The third kappa shape index (κ3) is 3.00. The van der Waals surface area contributed by atoms with Gasteiger partial charge in [0, 0.05) is 12.0 Å². The minimum atomic E-state index is 0.995. The molecule has 0 N–H and O–H groups in total. The minimum Gasteiger partial charge on any atom is -0.217 e. The lowest BCUT2D eigenvalue weighted by molar-refractivity contribution is 0.706. The largest absolute Gasteiger partial charge is 0.217 e. The van der Waals surface area contributed by atoms with Crippen LogP contribution >= 0.6 is 11.3 Å². The van der Waals surface area contributed by atoms with Crippen LogP contribution in [0.4, 0.5) is 0 Å². The molecule has 0 aliphatic rings. The first-order chi connectivity index (χ1) is 10.2. The first kappa shape index (κ1) is 14.3. The third-order valence-corrected chi connectivity index (χ3v) is 4.86. The predicted octanol–water partition coefficient (Wildman–Crippen LogP) is 4.81. The number of fused-ring (bicyclic) bond motifs is 1. The molecule has 0 radical (unpaired) electrons. The smallest absolute Gasteiger partial charge is 0.212 e. The van der Waals surface area contributed by atoms with Crippen LogP contribution in [-0.4, -0.2) is 14.6 Å². The summed E-state index contributed by atoms with van der Waals surface area (Å²) in [7, 11) is 0. The normalized spacial score (nSPS) is 11.4. The zero-order valence-electron chi connectivity index (χ0n) is 12.9. The maximum absolute atomic E-state index is 4.72. The highest BCUT2D eigenvalue weighted by Gasteiger charge is 2.10. The average Bonchev–Trinajstić information content (AvgIpc) is 3.00. The fourth-order valence-electron chi connectivity index (χ4n) is 2.41. The van der Waals surface area contributed by atoms with Gasteiger partial charge in [-0.15, -0.1) is 0 Å². The Hall–Kier alpha value is -1.68. The van der Waals surface area contributed by atoms with Crippen LogP contribution in [0.25, 0.3) is 16.2 Å². The van der Waals surface area contributed by atoms with Gasteiger partial charge in [-0.25, -0.2) is 9.50 Å². The Bertz CT molecular complexity index is 723. The van der Waals surface area contributed by atoms with E-state index in [1.165, 1.54) is 41.0 Å². The van der Waals surface area contributed by atoms with Gasteiger partial charge in [-0.2, -0.15) is 5.10 Å². The number of nitrogens with zero attached hydrogens (tertiary/aromatic N) is 3. The molecule has 0 aliphatic carbocycles. The van der Waals surface area contributed by atoms with E-state index in [0.717, 1.165) is 17.1 Å². The zero-order chi connectivity index (χ0) is 14.8. The van der Waals surface area contributed by atoms with Gasteiger partial charge in [-0.05, 0) is 37.5 Å². The highest BCUT2D eigenvalue weighted by atomic mass is 32.1. The van der Waals surface area contributed by atoms with Crippen LogP contribution in [0.1, 0.15) is 42.3 Å². The van der Waals surface area contributed by atoms with Gasteiger partial charge in [0.25, 0.3) is 0 Å². The SMILES string of the molecule is CCCCCc1nn2cc(-c3ccc(C)c(C)c3)nc2s1. The zero-order valence-corrected chi connectivity index (χ0v) is 13.7. The number of benzene rings is 1. The molecule has 21 heavy (non-hydrogen) atoms. The van der Waals surface area contributed by atoms with Gasteiger partial charge in [0.15, 0.2) is 0 Å². The number of aryl methyl sites for hydroxylation is 3. The molecule has 4 heteroatoms. The molecular formula is C17H21N3S. The molecule has 0 unspecified atom stereocenters. The highest BCUT2D eigenvalue weighted by Crippen LogP contribution is 2.24. The summed E-state index contributed by atoms with van der Waals surface area (Å²) in [6, 6.07) is 6.49. The molecule has 0 amide bonds. The molecule has 2 aromatic heterocycles. The fraction of sp³-hybridized carbons (Fsp3) is 0.412. The van der Waals surface area contributed by atoms with E-state index in [1.54, 1.807) is 11.3 Å². The molecule has 0 aliphatic heterocycles. The summed E-state index contributed by atoms with van der Waals surface area (Å²) < 4.78 is 1.93. The molecule has 1 aromatic carbocycles. The summed E-state index contributed by atoms with van der Waals surface area (Å²) in [6.07, 6.45) is 6.85. The van der Waals surface area contributed by atoms with Crippen LogP contribution in [0.2, 0.25) is 0 Å². The Labute approximate surface area is 129 Å². The average molecular weight is 299 g/mol. The Morgan fingerprint density at radius 2 is 2.00 bits per heavy atom. The molecular weight excluding hydrogens is 278 g/mol. The second kappa shape index (κ2) is 5.98. The molecule has 3 rings (SSSR count). The van der Waals surface area contributed by atoms with Crippen LogP contribution in [0.15, 0.2) is 24.4 Å². The first-order valence-electron chi connectivity index (χ1n) is 7.60. The number of hydrogen-bond donors (Lipinski definition) is 0. The van der Waals surface area contributed by atoms with Gasteiger partial charge >= 0.3 is 0 Å². The van der Waals surface area contributed by atoms with E-state index < -0.39 is 0 Å². The van der Waals surface area contributed by atoms with E-state index in [9.17, 15) is 0 Å². The van der Waals surface area contributed by atoms with E-state index in [-0.39, 0.29) is 0 Å². The number of unbranched alkanes of at least 4 members (excludes halogenated alkanes) is 2. The Morgan fingerprint density at radius 3 is 2.71 bits per heavy atom. The van der Waals surface area contributed by atoms with Crippen LogP contribution in [0.5, 0.6) is 0 Å². The van der Waals surface area contributed by atoms with Crippen LogP contribution in [0.3, 0.4) is 0 Å². The van der Waals surface area contributed by atoms with E-state index in [4.69, 9.17) is 4.98 Å². The summed E-state index contributed by atoms with van der Waals surface area (Å²) >= 11 is 1.71. The minimum absolute atomic E-state index is 0.995. The van der Waals surface area contributed by atoms with Crippen LogP contribution < -0.4 is 0 Å². The van der Waals surface area contributed by atoms with Gasteiger partial charge < -0.3 is 0 Å². The molecule has 0 saturated carbocycles. The summed E-state index contributed by atoms with van der Waals surface area (Å²) in [4.78, 5) is 5.72. The number of imidazole rings is 1. The molecule has 0 spiro atoms. The first-order valence-corrected chi connectivity index (χ1v) is 8.41. The second-order valence-corrected chi connectivity index (χ2v) is 6.65. The van der Waals surface area contributed by atoms with Crippen LogP contribution in [-0.2, 0) is 6.42 Å². The number of hydrogen-bond acceptors (Lipinski definition) is 3. The van der Waals surface area contributed by atoms with Crippen molar-refractivity contribution in [1.82, 2.24) is 14.6 Å². The Balaban J connectivity index is 1.84. The molecule has 110 valence electrons. The van der Waals surface area contributed by atoms with Crippen molar-refractivity contribution in [2.24, 2.45) is 0 Å². The molecule has 3 nitrogen and oxygen atoms in total. The predicted molar refractivity (Wildman–Crippen MR) is 89.0 cm³/mol. The van der Waals surface area contributed by atoms with Gasteiger partial charge in [0.1, 0.15) is 5.01 Å². The monoisotopic (exact) mass is 299 g/mol. The van der Waals surface area contributed by atoms with E-state index in [2.05, 4.69) is 44.1 Å². The van der Waals surface area contributed by atoms with Crippen molar-refractivity contribution in [2.75, 3.05) is 0 Å². The number of rotatable bonds is 5. The van der Waals surface area contributed by atoms with Crippen LogP contribution in [0, 0.1) is 13.8 Å². The summed E-state index contributed by atoms with van der Waals surface area (Å²) in [5, 5.41) is 5.84. The van der Waals surface area contributed by atoms with E-state index >= 15 is 0 Å². The van der Waals surface area contributed by atoms with Gasteiger partial charge in [-0.1, -0.05) is 43.2 Å². The van der Waals surface area contributed by atoms with Crippen molar-refractivity contribution in [3.05, 3.63) is 40.5 Å². The molecule has 2 heterocycles. The third-order valence-electron chi connectivity index (χ3n) is 3.88. The van der Waals surface area contributed by atoms with E-state index in [0.29, 0.717) is 0 Å². The molecule has 3 aromatic rings. The molecule has 0 atom stereocenters. The summed E-state index contributed by atoms with van der Waals surface area (Å²) in [5.41, 5.74) is 4.80. The topological polar surface area (TPSA) is 30.2 Å². The van der Waals surface area contributed by atoms with Crippen molar-refractivity contribution < 1.29 is 0 Å². The summed E-state index contributed by atoms with van der Waals surface area (Å²) in [5.74, 6) is 0. The highest BCUT2D eigenvalue weighted by molar-refractivity contribution is 7.16. The molecule has 0 bridgehead atoms. The molecule has 0 saturated heterocycles. The Morgan fingerprint density at radius 1 is 1.14 bits per heavy atom. The lowest BCUT2D eigenvalue weighted by Crippen LogP contribution is -1.87. The number of aromatic nitrogens is 3.